The molecule has 1 aliphatic carbocycles. The molecule has 2 N–H and O–H groups in total. The Kier molecular flexibility index (Phi) is 4.53. The Bertz CT molecular complexity index is 851. The SMILES string of the molecule is NC(=S)[C@@H]1[C@H](c2ccc(Br)cc2)[C@H]1S(=O)(=O)c1ccc(Cl)cc1. The predicted octanol–water partition coefficient (Wildman–Crippen LogP) is 3.94. The molecule has 0 spiro atoms. The summed E-state index contributed by atoms with van der Waals surface area (Å²) in [4.78, 5) is 0.480. The number of halogens is 2. The summed E-state index contributed by atoms with van der Waals surface area (Å²) in [6.07, 6.45) is 0. The van der Waals surface area contributed by atoms with Gasteiger partial charge in [0.1, 0.15) is 0 Å². The molecule has 0 heterocycles. The second-order valence-corrected chi connectivity index (χ2v) is 9.40. The zero-order valence-corrected chi connectivity index (χ0v) is 15.8. The first-order valence-electron chi connectivity index (χ1n) is 6.86. The maximum Gasteiger partial charge on any atom is 0.182 e. The zero-order chi connectivity index (χ0) is 16.8. The van der Waals surface area contributed by atoms with Gasteiger partial charge in [-0.2, -0.15) is 0 Å². The summed E-state index contributed by atoms with van der Waals surface area (Å²) < 4.78 is 26.7. The van der Waals surface area contributed by atoms with E-state index in [1.54, 1.807) is 12.1 Å². The summed E-state index contributed by atoms with van der Waals surface area (Å²) in [6.45, 7) is 0. The highest BCUT2D eigenvalue weighted by molar-refractivity contribution is 9.10. The molecule has 2 aromatic rings. The normalized spacial score (nSPS) is 23.5. The molecule has 0 aromatic heterocycles. The van der Waals surface area contributed by atoms with Crippen molar-refractivity contribution in [3.05, 3.63) is 63.6 Å². The number of hydrogen-bond acceptors (Lipinski definition) is 3. The topological polar surface area (TPSA) is 60.2 Å². The molecule has 3 atom stereocenters. The minimum Gasteiger partial charge on any atom is -0.393 e. The van der Waals surface area contributed by atoms with E-state index in [2.05, 4.69) is 15.9 Å². The van der Waals surface area contributed by atoms with Gasteiger partial charge in [0.25, 0.3) is 0 Å². The lowest BCUT2D eigenvalue weighted by atomic mass is 10.1. The van der Waals surface area contributed by atoms with Gasteiger partial charge in [0, 0.05) is 21.3 Å². The van der Waals surface area contributed by atoms with Gasteiger partial charge in [0.05, 0.1) is 15.1 Å². The zero-order valence-electron chi connectivity index (χ0n) is 11.8. The summed E-state index contributed by atoms with van der Waals surface area (Å²) >= 11 is 14.3. The van der Waals surface area contributed by atoms with Crippen molar-refractivity contribution in [3.63, 3.8) is 0 Å². The lowest BCUT2D eigenvalue weighted by Gasteiger charge is -2.04. The van der Waals surface area contributed by atoms with Gasteiger partial charge in [-0.15, -0.1) is 0 Å². The molecule has 0 unspecified atom stereocenters. The average Bonchev–Trinajstić information content (AvgIpc) is 3.25. The molecule has 1 fully saturated rings. The average molecular weight is 431 g/mol. The van der Waals surface area contributed by atoms with Crippen molar-refractivity contribution in [2.24, 2.45) is 11.7 Å². The van der Waals surface area contributed by atoms with Crippen LogP contribution >= 0.6 is 39.7 Å². The van der Waals surface area contributed by atoms with E-state index in [0.29, 0.717) is 5.02 Å². The van der Waals surface area contributed by atoms with Crippen LogP contribution in [-0.2, 0) is 9.84 Å². The van der Waals surface area contributed by atoms with Crippen molar-refractivity contribution in [1.29, 1.82) is 0 Å². The number of hydrogen-bond donors (Lipinski definition) is 1. The van der Waals surface area contributed by atoms with Gasteiger partial charge < -0.3 is 5.73 Å². The third-order valence-electron chi connectivity index (χ3n) is 4.04. The van der Waals surface area contributed by atoms with Crippen LogP contribution in [0.1, 0.15) is 11.5 Å². The molecule has 0 aliphatic heterocycles. The molecular weight excluding hydrogens is 418 g/mol. The maximum absolute atomic E-state index is 12.9. The lowest BCUT2D eigenvalue weighted by Crippen LogP contribution is -2.17. The summed E-state index contributed by atoms with van der Waals surface area (Å²) in [7, 11) is -3.52. The molecule has 1 saturated carbocycles. The Morgan fingerprint density at radius 1 is 1.09 bits per heavy atom. The van der Waals surface area contributed by atoms with Crippen LogP contribution in [0.5, 0.6) is 0 Å². The van der Waals surface area contributed by atoms with Gasteiger partial charge in [-0.3, -0.25) is 0 Å². The van der Waals surface area contributed by atoms with Crippen LogP contribution in [0.3, 0.4) is 0 Å². The second kappa shape index (κ2) is 6.16. The van der Waals surface area contributed by atoms with E-state index in [1.807, 2.05) is 24.3 Å². The van der Waals surface area contributed by atoms with E-state index in [0.717, 1.165) is 10.0 Å². The van der Waals surface area contributed by atoms with Gasteiger partial charge in [-0.25, -0.2) is 8.42 Å². The maximum atomic E-state index is 12.9. The quantitative estimate of drug-likeness (QED) is 0.746. The highest BCUT2D eigenvalue weighted by Gasteiger charge is 2.60. The Hall–Kier alpha value is -0.950. The fourth-order valence-electron chi connectivity index (χ4n) is 2.87. The number of thiocarbonyl (C=S) groups is 1. The Labute approximate surface area is 153 Å². The Morgan fingerprint density at radius 2 is 1.65 bits per heavy atom. The minimum absolute atomic E-state index is 0.207. The molecule has 3 rings (SSSR count). The van der Waals surface area contributed by atoms with Crippen LogP contribution in [0.15, 0.2) is 57.9 Å². The molecule has 7 heteroatoms. The fraction of sp³-hybridized carbons (Fsp3) is 0.188. The minimum atomic E-state index is -3.52. The molecular formula is C16H13BrClNO2S2. The van der Waals surface area contributed by atoms with Gasteiger partial charge >= 0.3 is 0 Å². The number of rotatable bonds is 4. The first-order chi connectivity index (χ1) is 10.8. The van der Waals surface area contributed by atoms with E-state index < -0.39 is 15.1 Å². The smallest absolute Gasteiger partial charge is 0.182 e. The number of nitrogens with two attached hydrogens (primary N) is 1. The van der Waals surface area contributed by atoms with Crippen molar-refractivity contribution in [3.8, 4) is 0 Å². The molecule has 0 saturated heterocycles. The molecule has 0 amide bonds. The third-order valence-corrected chi connectivity index (χ3v) is 7.32. The number of sulfone groups is 1. The van der Waals surface area contributed by atoms with Crippen LogP contribution in [-0.4, -0.2) is 18.7 Å². The van der Waals surface area contributed by atoms with Crippen LogP contribution in [0.4, 0.5) is 0 Å². The second-order valence-electron chi connectivity index (χ2n) is 5.47. The highest BCUT2D eigenvalue weighted by Crippen LogP contribution is 2.54. The van der Waals surface area contributed by atoms with E-state index in [9.17, 15) is 8.42 Å². The first kappa shape index (κ1) is 16.9. The Balaban J connectivity index is 1.98. The molecule has 1 aliphatic rings. The first-order valence-corrected chi connectivity index (χ1v) is 9.99. The van der Waals surface area contributed by atoms with E-state index in [4.69, 9.17) is 29.6 Å². The van der Waals surface area contributed by atoms with Crippen LogP contribution in [0.25, 0.3) is 0 Å². The van der Waals surface area contributed by atoms with Crippen molar-refractivity contribution >= 4 is 54.6 Å². The van der Waals surface area contributed by atoms with Gasteiger partial charge in [0.15, 0.2) is 9.84 Å². The predicted molar refractivity (Wildman–Crippen MR) is 99.6 cm³/mol. The summed E-state index contributed by atoms with van der Waals surface area (Å²) in [5.41, 5.74) is 6.71. The van der Waals surface area contributed by atoms with Gasteiger partial charge in [-0.1, -0.05) is 51.9 Å². The van der Waals surface area contributed by atoms with Crippen molar-refractivity contribution in [2.75, 3.05) is 0 Å². The summed E-state index contributed by atoms with van der Waals surface area (Å²) in [5.74, 6) is -0.548. The molecule has 0 bridgehead atoms. The molecule has 23 heavy (non-hydrogen) atoms. The largest absolute Gasteiger partial charge is 0.393 e. The molecule has 2 aromatic carbocycles. The van der Waals surface area contributed by atoms with E-state index in [1.165, 1.54) is 12.1 Å². The lowest BCUT2D eigenvalue weighted by molar-refractivity contribution is 0.593. The standard InChI is InChI=1S/C16H13BrClNO2S2/c17-10-3-1-9(2-4-10)13-14(16(19)22)15(13)23(20,21)12-7-5-11(18)6-8-12/h1-8,13-15H,(H2,19,22)/t13-,14+,15+/m0/s1. The van der Waals surface area contributed by atoms with Crippen LogP contribution in [0.2, 0.25) is 5.02 Å². The highest BCUT2D eigenvalue weighted by atomic mass is 79.9. The molecule has 3 nitrogen and oxygen atoms in total. The number of benzene rings is 2. The van der Waals surface area contributed by atoms with E-state index in [-0.39, 0.29) is 21.7 Å². The fourth-order valence-corrected chi connectivity index (χ4v) is 5.79. The van der Waals surface area contributed by atoms with Crippen LogP contribution < -0.4 is 5.73 Å². The summed E-state index contributed by atoms with van der Waals surface area (Å²) in [6, 6.07) is 13.8. The molecule has 120 valence electrons. The third kappa shape index (κ3) is 3.18. The van der Waals surface area contributed by atoms with Crippen LogP contribution in [0, 0.1) is 5.92 Å². The van der Waals surface area contributed by atoms with Crippen molar-refractivity contribution < 1.29 is 8.42 Å². The van der Waals surface area contributed by atoms with Crippen molar-refractivity contribution in [2.45, 2.75) is 16.1 Å². The van der Waals surface area contributed by atoms with Crippen molar-refractivity contribution in [1.82, 2.24) is 0 Å². The Morgan fingerprint density at radius 3 is 2.17 bits per heavy atom. The monoisotopic (exact) mass is 429 g/mol. The molecule has 0 radical (unpaired) electrons. The summed E-state index contributed by atoms with van der Waals surface area (Å²) in [5, 5.41) is -0.127. The van der Waals surface area contributed by atoms with Gasteiger partial charge in [-0.05, 0) is 42.0 Å². The van der Waals surface area contributed by atoms with E-state index >= 15 is 0 Å². The van der Waals surface area contributed by atoms with Gasteiger partial charge in [0.2, 0.25) is 0 Å².